The number of anilines is 1. The Balaban J connectivity index is 2.09. The van der Waals surface area contributed by atoms with Gasteiger partial charge in [0.1, 0.15) is 5.92 Å². The molecule has 0 aliphatic carbocycles. The van der Waals surface area contributed by atoms with E-state index >= 15 is 0 Å². The highest BCUT2D eigenvalue weighted by atomic mass is 32.2. The van der Waals surface area contributed by atoms with Crippen molar-refractivity contribution in [3.8, 4) is 0 Å². The number of hydrogen-bond acceptors (Lipinski definition) is 3. The molecule has 1 aliphatic rings. The molecule has 0 saturated carbocycles. The number of carboxylic acids is 1. The summed E-state index contributed by atoms with van der Waals surface area (Å²) < 4.78 is 26.8. The van der Waals surface area contributed by atoms with Crippen LogP contribution in [0.3, 0.4) is 0 Å². The Morgan fingerprint density at radius 2 is 1.77 bits per heavy atom. The van der Waals surface area contributed by atoms with E-state index in [2.05, 4.69) is 0 Å². The molecule has 1 aliphatic heterocycles. The van der Waals surface area contributed by atoms with E-state index in [1.54, 1.807) is 48.5 Å². The lowest BCUT2D eigenvalue weighted by Gasteiger charge is -2.19. The van der Waals surface area contributed by atoms with Gasteiger partial charge in [-0.2, -0.15) is 0 Å². The van der Waals surface area contributed by atoms with E-state index in [0.717, 1.165) is 5.56 Å². The van der Waals surface area contributed by atoms with Crippen LogP contribution >= 0.6 is 0 Å². The smallest absolute Gasteiger partial charge is 0.312 e. The average Bonchev–Trinajstić information content (AvgIpc) is 2.88. The average molecular weight is 317 g/mol. The van der Waals surface area contributed by atoms with E-state index in [-0.39, 0.29) is 11.4 Å². The van der Waals surface area contributed by atoms with E-state index in [1.807, 2.05) is 6.92 Å². The third kappa shape index (κ3) is 2.25. The SMILES string of the molecule is Cc1ccc(S(=O)(=O)N2CC(C(=O)O)c3ccccc32)cc1. The topological polar surface area (TPSA) is 74.7 Å². The molecule has 1 atom stereocenters. The van der Waals surface area contributed by atoms with Crippen LogP contribution in [-0.2, 0) is 14.8 Å². The van der Waals surface area contributed by atoms with Crippen LogP contribution in [-0.4, -0.2) is 26.0 Å². The zero-order chi connectivity index (χ0) is 15.9. The predicted molar refractivity (Wildman–Crippen MR) is 82.5 cm³/mol. The van der Waals surface area contributed by atoms with E-state index < -0.39 is 21.9 Å². The number of aryl methyl sites for hydroxylation is 1. The zero-order valence-corrected chi connectivity index (χ0v) is 12.7. The van der Waals surface area contributed by atoms with E-state index in [1.165, 1.54) is 4.31 Å². The lowest BCUT2D eigenvalue weighted by molar-refractivity contribution is -0.138. The first-order valence-electron chi connectivity index (χ1n) is 6.82. The molecule has 22 heavy (non-hydrogen) atoms. The Bertz CT molecular complexity index is 827. The highest BCUT2D eigenvalue weighted by molar-refractivity contribution is 7.92. The fraction of sp³-hybridized carbons (Fsp3) is 0.188. The largest absolute Gasteiger partial charge is 0.481 e. The second-order valence-corrected chi connectivity index (χ2v) is 7.16. The Hall–Kier alpha value is -2.34. The standard InChI is InChI=1S/C16H15NO4S/c1-11-6-8-12(9-7-11)22(20,21)17-10-14(16(18)19)13-4-2-3-5-15(13)17/h2-9,14H,10H2,1H3,(H,18,19). The lowest BCUT2D eigenvalue weighted by Crippen LogP contribution is -2.31. The van der Waals surface area contributed by atoms with Gasteiger partial charge in [-0.05, 0) is 30.7 Å². The van der Waals surface area contributed by atoms with Crippen molar-refractivity contribution in [2.45, 2.75) is 17.7 Å². The van der Waals surface area contributed by atoms with Crippen molar-refractivity contribution in [1.29, 1.82) is 0 Å². The minimum absolute atomic E-state index is 0.0785. The first-order chi connectivity index (χ1) is 10.4. The number of para-hydroxylation sites is 1. The van der Waals surface area contributed by atoms with Gasteiger partial charge in [-0.15, -0.1) is 0 Å². The van der Waals surface area contributed by atoms with E-state index in [4.69, 9.17) is 0 Å². The maximum absolute atomic E-state index is 12.8. The van der Waals surface area contributed by atoms with Crippen LogP contribution in [0.5, 0.6) is 0 Å². The third-order valence-electron chi connectivity index (χ3n) is 3.84. The Morgan fingerprint density at radius 3 is 2.41 bits per heavy atom. The summed E-state index contributed by atoms with van der Waals surface area (Å²) in [5, 5.41) is 9.33. The molecule has 1 unspecified atom stereocenters. The summed E-state index contributed by atoms with van der Waals surface area (Å²) >= 11 is 0. The van der Waals surface area contributed by atoms with Crippen molar-refractivity contribution in [3.63, 3.8) is 0 Å². The number of rotatable bonds is 3. The lowest BCUT2D eigenvalue weighted by atomic mass is 10.0. The van der Waals surface area contributed by atoms with Crippen LogP contribution in [0.25, 0.3) is 0 Å². The monoisotopic (exact) mass is 317 g/mol. The van der Waals surface area contributed by atoms with Gasteiger partial charge in [0, 0.05) is 0 Å². The van der Waals surface area contributed by atoms with Crippen LogP contribution < -0.4 is 4.31 Å². The van der Waals surface area contributed by atoms with Crippen LogP contribution in [0.1, 0.15) is 17.0 Å². The Morgan fingerprint density at radius 1 is 1.14 bits per heavy atom. The highest BCUT2D eigenvalue weighted by Crippen LogP contribution is 2.39. The number of benzene rings is 2. The quantitative estimate of drug-likeness (QED) is 0.943. The molecule has 2 aromatic carbocycles. The van der Waals surface area contributed by atoms with Crippen molar-refractivity contribution in [3.05, 3.63) is 59.7 Å². The molecule has 114 valence electrons. The maximum Gasteiger partial charge on any atom is 0.312 e. The van der Waals surface area contributed by atoms with Crippen molar-refractivity contribution < 1.29 is 18.3 Å². The molecule has 2 aromatic rings. The molecule has 0 amide bonds. The normalized spacial score (nSPS) is 17.3. The zero-order valence-electron chi connectivity index (χ0n) is 11.9. The van der Waals surface area contributed by atoms with Crippen molar-refractivity contribution in [2.24, 2.45) is 0 Å². The van der Waals surface area contributed by atoms with Crippen LogP contribution in [0, 0.1) is 6.92 Å². The minimum atomic E-state index is -3.77. The number of sulfonamides is 1. The molecule has 0 bridgehead atoms. The number of fused-ring (bicyclic) bond motifs is 1. The molecule has 0 saturated heterocycles. The van der Waals surface area contributed by atoms with Gasteiger partial charge in [0.2, 0.25) is 0 Å². The van der Waals surface area contributed by atoms with Gasteiger partial charge in [0.15, 0.2) is 0 Å². The Kier molecular flexibility index (Phi) is 3.41. The number of aliphatic carboxylic acids is 1. The first-order valence-corrected chi connectivity index (χ1v) is 8.26. The molecule has 0 fully saturated rings. The van der Waals surface area contributed by atoms with E-state index in [9.17, 15) is 18.3 Å². The summed E-state index contributed by atoms with van der Waals surface area (Å²) in [5.41, 5.74) is 1.94. The molecule has 5 nitrogen and oxygen atoms in total. The molecular formula is C16H15NO4S. The summed E-state index contributed by atoms with van der Waals surface area (Å²) in [6, 6.07) is 13.3. The summed E-state index contributed by atoms with van der Waals surface area (Å²) in [7, 11) is -3.77. The molecule has 0 radical (unpaired) electrons. The van der Waals surface area contributed by atoms with Gasteiger partial charge < -0.3 is 5.11 Å². The third-order valence-corrected chi connectivity index (χ3v) is 5.63. The summed E-state index contributed by atoms with van der Waals surface area (Å²) in [6.07, 6.45) is 0. The number of nitrogens with zero attached hydrogens (tertiary/aromatic N) is 1. The van der Waals surface area contributed by atoms with Gasteiger partial charge in [0.05, 0.1) is 17.1 Å². The summed E-state index contributed by atoms with van der Waals surface area (Å²) in [6.45, 7) is 1.80. The second-order valence-electron chi connectivity index (χ2n) is 5.30. The summed E-state index contributed by atoms with van der Waals surface area (Å²) in [5.74, 6) is -1.86. The molecule has 1 heterocycles. The molecule has 0 spiro atoms. The fourth-order valence-corrected chi connectivity index (χ4v) is 4.15. The molecule has 0 aromatic heterocycles. The van der Waals surface area contributed by atoms with E-state index in [0.29, 0.717) is 11.3 Å². The molecule has 1 N–H and O–H groups in total. The van der Waals surface area contributed by atoms with Gasteiger partial charge >= 0.3 is 5.97 Å². The minimum Gasteiger partial charge on any atom is -0.481 e. The highest BCUT2D eigenvalue weighted by Gasteiger charge is 2.39. The summed E-state index contributed by atoms with van der Waals surface area (Å²) in [4.78, 5) is 11.6. The van der Waals surface area contributed by atoms with Crippen molar-refractivity contribution >= 4 is 21.7 Å². The van der Waals surface area contributed by atoms with Gasteiger partial charge in [-0.25, -0.2) is 8.42 Å². The molecular weight excluding hydrogens is 302 g/mol. The van der Waals surface area contributed by atoms with Crippen molar-refractivity contribution in [1.82, 2.24) is 0 Å². The van der Waals surface area contributed by atoms with Crippen LogP contribution in [0.15, 0.2) is 53.4 Å². The molecule has 6 heteroatoms. The fourth-order valence-electron chi connectivity index (χ4n) is 2.65. The van der Waals surface area contributed by atoms with Gasteiger partial charge in [-0.3, -0.25) is 9.10 Å². The maximum atomic E-state index is 12.8. The van der Waals surface area contributed by atoms with Crippen molar-refractivity contribution in [2.75, 3.05) is 10.8 Å². The number of carbonyl (C=O) groups is 1. The number of carboxylic acid groups (broad SMARTS) is 1. The first kappa shape index (κ1) is 14.6. The number of hydrogen-bond donors (Lipinski definition) is 1. The Labute approximate surface area is 128 Å². The van der Waals surface area contributed by atoms with Gasteiger partial charge in [0.25, 0.3) is 10.0 Å². The van der Waals surface area contributed by atoms with Crippen LogP contribution in [0.4, 0.5) is 5.69 Å². The predicted octanol–water partition coefficient (Wildman–Crippen LogP) is 2.37. The second kappa shape index (κ2) is 5.14. The van der Waals surface area contributed by atoms with Gasteiger partial charge in [-0.1, -0.05) is 35.9 Å². The van der Waals surface area contributed by atoms with Crippen LogP contribution in [0.2, 0.25) is 0 Å². The molecule has 3 rings (SSSR count).